The van der Waals surface area contributed by atoms with E-state index in [4.69, 9.17) is 0 Å². The third kappa shape index (κ3) is 2.04. The van der Waals surface area contributed by atoms with Gasteiger partial charge in [0.05, 0.1) is 6.10 Å². The van der Waals surface area contributed by atoms with E-state index in [1.807, 2.05) is 0 Å². The van der Waals surface area contributed by atoms with Gasteiger partial charge in [-0.25, -0.2) is 8.78 Å². The molecular weight excluding hydrogens is 174 g/mol. The number of rotatable bonds is 2. The highest BCUT2D eigenvalue weighted by molar-refractivity contribution is 5.23. The molecule has 2 unspecified atom stereocenters. The molecular formula is C10H12F2O. The third-order valence-electron chi connectivity index (χ3n) is 2.20. The van der Waals surface area contributed by atoms with Crippen LogP contribution < -0.4 is 0 Å². The van der Waals surface area contributed by atoms with Gasteiger partial charge in [-0.05, 0) is 18.6 Å². The summed E-state index contributed by atoms with van der Waals surface area (Å²) in [4.78, 5) is 0. The lowest BCUT2D eigenvalue weighted by Gasteiger charge is -2.15. The Morgan fingerprint density at radius 1 is 1.23 bits per heavy atom. The summed E-state index contributed by atoms with van der Waals surface area (Å²) >= 11 is 0. The topological polar surface area (TPSA) is 20.2 Å². The van der Waals surface area contributed by atoms with E-state index in [-0.39, 0.29) is 5.56 Å². The summed E-state index contributed by atoms with van der Waals surface area (Å²) in [6, 6.07) is 3.98. The molecule has 0 fully saturated rings. The fourth-order valence-electron chi connectivity index (χ4n) is 1.13. The molecule has 3 heteroatoms. The van der Waals surface area contributed by atoms with E-state index in [2.05, 4.69) is 0 Å². The quantitative estimate of drug-likeness (QED) is 0.752. The van der Waals surface area contributed by atoms with E-state index in [0.29, 0.717) is 0 Å². The van der Waals surface area contributed by atoms with Gasteiger partial charge in [0, 0.05) is 5.92 Å². The normalized spacial score (nSPS) is 15.5. The van der Waals surface area contributed by atoms with E-state index >= 15 is 0 Å². The first kappa shape index (κ1) is 10.1. The van der Waals surface area contributed by atoms with Crippen LogP contribution in [0.4, 0.5) is 8.78 Å². The molecule has 1 rings (SSSR count). The zero-order valence-corrected chi connectivity index (χ0v) is 7.59. The van der Waals surface area contributed by atoms with Crippen LogP contribution in [0.25, 0.3) is 0 Å². The Morgan fingerprint density at radius 2 is 1.85 bits per heavy atom. The summed E-state index contributed by atoms with van der Waals surface area (Å²) < 4.78 is 25.9. The maximum absolute atomic E-state index is 13.1. The zero-order chi connectivity index (χ0) is 10.0. The van der Waals surface area contributed by atoms with Crippen LogP contribution >= 0.6 is 0 Å². The molecule has 1 aromatic carbocycles. The van der Waals surface area contributed by atoms with Crippen molar-refractivity contribution in [1.29, 1.82) is 0 Å². The van der Waals surface area contributed by atoms with Crippen molar-refractivity contribution in [1.82, 2.24) is 0 Å². The zero-order valence-electron chi connectivity index (χ0n) is 7.59. The number of halogens is 2. The molecule has 0 spiro atoms. The van der Waals surface area contributed by atoms with Crippen molar-refractivity contribution in [2.24, 2.45) is 0 Å². The molecule has 1 aromatic rings. The van der Waals surface area contributed by atoms with E-state index in [1.54, 1.807) is 13.8 Å². The van der Waals surface area contributed by atoms with Gasteiger partial charge in [-0.15, -0.1) is 0 Å². The summed E-state index contributed by atoms with van der Waals surface area (Å²) in [6.45, 7) is 3.21. The number of aliphatic hydroxyl groups is 1. The van der Waals surface area contributed by atoms with Gasteiger partial charge in [-0.3, -0.25) is 0 Å². The van der Waals surface area contributed by atoms with Gasteiger partial charge in [0.1, 0.15) is 0 Å². The highest BCUT2D eigenvalue weighted by Gasteiger charge is 2.17. The first-order chi connectivity index (χ1) is 6.04. The first-order valence-corrected chi connectivity index (χ1v) is 4.16. The summed E-state index contributed by atoms with van der Waals surface area (Å²) in [5.74, 6) is -2.13. The molecule has 13 heavy (non-hydrogen) atoms. The molecule has 2 atom stereocenters. The van der Waals surface area contributed by atoms with Crippen molar-refractivity contribution in [3.8, 4) is 0 Å². The Labute approximate surface area is 76.0 Å². The lowest BCUT2D eigenvalue weighted by molar-refractivity contribution is 0.167. The van der Waals surface area contributed by atoms with Gasteiger partial charge in [-0.1, -0.05) is 19.1 Å². The van der Waals surface area contributed by atoms with Crippen LogP contribution in [0.15, 0.2) is 18.2 Å². The van der Waals surface area contributed by atoms with Crippen LogP contribution in [0.3, 0.4) is 0 Å². The second-order valence-electron chi connectivity index (χ2n) is 3.17. The molecule has 0 amide bonds. The summed E-state index contributed by atoms with van der Waals surface area (Å²) in [7, 11) is 0. The Hall–Kier alpha value is -0.960. The number of hydrogen-bond acceptors (Lipinski definition) is 1. The standard InChI is InChI=1S/C10H12F2O/c1-6(7(2)13)8-4-3-5-9(11)10(8)12/h3-7,13H,1-2H3. The predicted octanol–water partition coefficient (Wildman–Crippen LogP) is 2.45. The molecule has 0 saturated carbocycles. The van der Waals surface area contributed by atoms with Gasteiger partial charge >= 0.3 is 0 Å². The minimum absolute atomic E-state index is 0.218. The Kier molecular flexibility index (Phi) is 2.98. The minimum Gasteiger partial charge on any atom is -0.393 e. The van der Waals surface area contributed by atoms with Crippen LogP contribution in [0.2, 0.25) is 0 Å². The fourth-order valence-corrected chi connectivity index (χ4v) is 1.13. The van der Waals surface area contributed by atoms with Crippen LogP contribution in [0, 0.1) is 11.6 Å². The van der Waals surface area contributed by atoms with Crippen LogP contribution in [0.1, 0.15) is 25.3 Å². The molecule has 0 aliphatic heterocycles. The van der Waals surface area contributed by atoms with Crippen LogP contribution in [-0.4, -0.2) is 11.2 Å². The van der Waals surface area contributed by atoms with Crippen molar-refractivity contribution in [2.45, 2.75) is 25.9 Å². The van der Waals surface area contributed by atoms with Gasteiger partial charge in [0.25, 0.3) is 0 Å². The molecule has 1 N–H and O–H groups in total. The largest absolute Gasteiger partial charge is 0.393 e. The summed E-state index contributed by atoms with van der Waals surface area (Å²) in [5, 5.41) is 9.20. The third-order valence-corrected chi connectivity index (χ3v) is 2.20. The van der Waals surface area contributed by atoms with Gasteiger partial charge in [0.15, 0.2) is 11.6 Å². The molecule has 0 aromatic heterocycles. The number of benzene rings is 1. The lowest BCUT2D eigenvalue weighted by atomic mass is 9.96. The van der Waals surface area contributed by atoms with Gasteiger partial charge < -0.3 is 5.11 Å². The van der Waals surface area contributed by atoms with Crippen LogP contribution in [0.5, 0.6) is 0 Å². The summed E-state index contributed by atoms with van der Waals surface area (Å²) in [6.07, 6.45) is -0.684. The molecule has 0 aliphatic carbocycles. The van der Waals surface area contributed by atoms with Crippen molar-refractivity contribution in [3.63, 3.8) is 0 Å². The molecule has 0 heterocycles. The van der Waals surface area contributed by atoms with Crippen molar-refractivity contribution < 1.29 is 13.9 Å². The first-order valence-electron chi connectivity index (χ1n) is 4.16. The molecule has 0 bridgehead atoms. The highest BCUT2D eigenvalue weighted by Crippen LogP contribution is 2.23. The number of hydrogen-bond donors (Lipinski definition) is 1. The average molecular weight is 186 g/mol. The van der Waals surface area contributed by atoms with Crippen molar-refractivity contribution in [3.05, 3.63) is 35.4 Å². The van der Waals surface area contributed by atoms with E-state index in [9.17, 15) is 13.9 Å². The average Bonchev–Trinajstić information content (AvgIpc) is 2.08. The van der Waals surface area contributed by atoms with E-state index in [1.165, 1.54) is 12.1 Å². The number of aliphatic hydroxyl groups excluding tert-OH is 1. The Morgan fingerprint density at radius 3 is 2.38 bits per heavy atom. The fraction of sp³-hybridized carbons (Fsp3) is 0.400. The molecule has 0 saturated heterocycles. The smallest absolute Gasteiger partial charge is 0.162 e. The molecule has 72 valence electrons. The SMILES string of the molecule is CC(O)C(C)c1cccc(F)c1F. The van der Waals surface area contributed by atoms with Gasteiger partial charge in [0.2, 0.25) is 0 Å². The maximum Gasteiger partial charge on any atom is 0.162 e. The molecule has 0 aliphatic rings. The molecule has 0 radical (unpaired) electrons. The van der Waals surface area contributed by atoms with Crippen molar-refractivity contribution in [2.75, 3.05) is 0 Å². The van der Waals surface area contributed by atoms with Crippen LogP contribution in [-0.2, 0) is 0 Å². The summed E-state index contributed by atoms with van der Waals surface area (Å²) in [5.41, 5.74) is 0.218. The lowest BCUT2D eigenvalue weighted by Crippen LogP contribution is -2.13. The van der Waals surface area contributed by atoms with Gasteiger partial charge in [-0.2, -0.15) is 0 Å². The Balaban J connectivity index is 3.07. The second-order valence-corrected chi connectivity index (χ2v) is 3.17. The van der Waals surface area contributed by atoms with Crippen molar-refractivity contribution >= 4 is 0 Å². The second kappa shape index (κ2) is 3.83. The monoisotopic (exact) mass is 186 g/mol. The maximum atomic E-state index is 13.1. The minimum atomic E-state index is -0.870. The predicted molar refractivity (Wildman–Crippen MR) is 46.5 cm³/mol. The Bertz CT molecular complexity index is 297. The molecule has 1 nitrogen and oxygen atoms in total. The van der Waals surface area contributed by atoms with E-state index in [0.717, 1.165) is 6.07 Å². The highest BCUT2D eigenvalue weighted by atomic mass is 19.2. The van der Waals surface area contributed by atoms with E-state index < -0.39 is 23.7 Å².